The van der Waals surface area contributed by atoms with Crippen LogP contribution in [0.4, 0.5) is 0 Å². The number of alkyl halides is 1. The number of hydrogen-bond acceptors (Lipinski definition) is 1. The van der Waals surface area contributed by atoms with Gasteiger partial charge in [0.15, 0.2) is 0 Å². The topological polar surface area (TPSA) is 12.0 Å². The highest BCUT2D eigenvalue weighted by Crippen LogP contribution is 1.96. The molecule has 58 valence electrons. The standard InChI is InChI=1S/C6H14ClN.ClH/c1-6(2,3)8-5-4-7;/h8H,4-5H2,1-3H3;1H. The smallest absolute Gasteiger partial charge is 0.0348 e. The Hall–Kier alpha value is 0.540. The van der Waals surface area contributed by atoms with Gasteiger partial charge in [-0.15, -0.1) is 24.0 Å². The van der Waals surface area contributed by atoms with Crippen LogP contribution in [0.3, 0.4) is 0 Å². The van der Waals surface area contributed by atoms with Crippen LogP contribution >= 0.6 is 24.0 Å². The first-order chi connectivity index (χ1) is 3.56. The number of nitrogens with one attached hydrogen (secondary N) is 1. The van der Waals surface area contributed by atoms with Gasteiger partial charge in [-0.3, -0.25) is 0 Å². The van der Waals surface area contributed by atoms with Crippen molar-refractivity contribution in [2.75, 3.05) is 12.4 Å². The third kappa shape index (κ3) is 11.9. The van der Waals surface area contributed by atoms with E-state index in [0.717, 1.165) is 6.54 Å². The molecule has 0 saturated carbocycles. The molecule has 0 aliphatic rings. The van der Waals surface area contributed by atoms with E-state index >= 15 is 0 Å². The fourth-order valence-corrected chi connectivity index (χ4v) is 0.517. The Morgan fingerprint density at radius 1 is 1.33 bits per heavy atom. The molecule has 0 radical (unpaired) electrons. The van der Waals surface area contributed by atoms with Gasteiger partial charge in [-0.25, -0.2) is 0 Å². The molecule has 9 heavy (non-hydrogen) atoms. The molecule has 0 aromatic rings. The van der Waals surface area contributed by atoms with Gasteiger partial charge in [0.05, 0.1) is 0 Å². The molecule has 0 spiro atoms. The summed E-state index contributed by atoms with van der Waals surface area (Å²) in [5.74, 6) is 0.692. The van der Waals surface area contributed by atoms with Crippen LogP contribution < -0.4 is 5.32 Å². The fraction of sp³-hybridized carbons (Fsp3) is 1.00. The molecule has 0 amide bonds. The molecule has 0 aromatic heterocycles. The van der Waals surface area contributed by atoms with Crippen LogP contribution in [0, 0.1) is 0 Å². The van der Waals surface area contributed by atoms with Gasteiger partial charge in [-0.1, -0.05) is 0 Å². The second-order valence-electron chi connectivity index (χ2n) is 2.87. The maximum absolute atomic E-state index is 5.45. The second kappa shape index (κ2) is 5.33. The molecule has 0 heterocycles. The molecule has 0 aromatic carbocycles. The van der Waals surface area contributed by atoms with Crippen molar-refractivity contribution in [3.05, 3.63) is 0 Å². The van der Waals surface area contributed by atoms with E-state index < -0.39 is 0 Å². The third-order valence-corrected chi connectivity index (χ3v) is 0.939. The Bertz CT molecular complexity index is 58.6. The summed E-state index contributed by atoms with van der Waals surface area (Å²) in [7, 11) is 0. The van der Waals surface area contributed by atoms with Crippen molar-refractivity contribution >= 4 is 24.0 Å². The van der Waals surface area contributed by atoms with Crippen LogP contribution in [0.1, 0.15) is 20.8 Å². The third-order valence-electron chi connectivity index (χ3n) is 0.750. The van der Waals surface area contributed by atoms with Crippen LogP contribution in [0.15, 0.2) is 0 Å². The zero-order chi connectivity index (χ0) is 6.62. The van der Waals surface area contributed by atoms with Crippen molar-refractivity contribution < 1.29 is 0 Å². The first-order valence-electron chi connectivity index (χ1n) is 2.87. The van der Waals surface area contributed by atoms with E-state index in [0.29, 0.717) is 5.88 Å². The highest BCUT2D eigenvalue weighted by atomic mass is 35.5. The summed E-state index contributed by atoms with van der Waals surface area (Å²) in [5, 5.41) is 3.24. The van der Waals surface area contributed by atoms with Gasteiger partial charge >= 0.3 is 0 Å². The largest absolute Gasteiger partial charge is 0.311 e. The van der Waals surface area contributed by atoms with E-state index in [1.807, 2.05) is 0 Å². The molecule has 0 fully saturated rings. The number of rotatable bonds is 2. The van der Waals surface area contributed by atoms with E-state index in [1.165, 1.54) is 0 Å². The lowest BCUT2D eigenvalue weighted by Crippen LogP contribution is -2.36. The van der Waals surface area contributed by atoms with Gasteiger partial charge in [0, 0.05) is 18.0 Å². The summed E-state index contributed by atoms with van der Waals surface area (Å²) >= 11 is 5.45. The van der Waals surface area contributed by atoms with Gasteiger partial charge in [-0.05, 0) is 20.8 Å². The molecule has 0 bridgehead atoms. The quantitative estimate of drug-likeness (QED) is 0.628. The summed E-state index contributed by atoms with van der Waals surface area (Å²) in [6.45, 7) is 7.27. The molecule has 0 aliphatic heterocycles. The van der Waals surface area contributed by atoms with Crippen LogP contribution in [0.2, 0.25) is 0 Å². The van der Waals surface area contributed by atoms with Crippen molar-refractivity contribution in [1.29, 1.82) is 0 Å². The summed E-state index contributed by atoms with van der Waals surface area (Å²) in [4.78, 5) is 0. The Kier molecular flexibility index (Phi) is 7.25. The molecule has 0 unspecified atom stereocenters. The van der Waals surface area contributed by atoms with E-state index in [1.54, 1.807) is 0 Å². The minimum atomic E-state index is 0. The average Bonchev–Trinajstić information content (AvgIpc) is 1.59. The maximum atomic E-state index is 5.45. The lowest BCUT2D eigenvalue weighted by Gasteiger charge is -2.19. The Morgan fingerprint density at radius 3 is 1.89 bits per heavy atom. The molecule has 0 saturated heterocycles. The van der Waals surface area contributed by atoms with Crippen molar-refractivity contribution in [2.24, 2.45) is 0 Å². The highest BCUT2D eigenvalue weighted by Gasteiger charge is 2.05. The Labute approximate surface area is 68.6 Å². The minimum Gasteiger partial charge on any atom is -0.311 e. The van der Waals surface area contributed by atoms with E-state index in [9.17, 15) is 0 Å². The van der Waals surface area contributed by atoms with Crippen LogP contribution in [0.25, 0.3) is 0 Å². The predicted octanol–water partition coefficient (Wildman–Crippen LogP) is 2.04. The molecule has 3 heteroatoms. The summed E-state index contributed by atoms with van der Waals surface area (Å²) in [5.41, 5.74) is 0.217. The van der Waals surface area contributed by atoms with Crippen LogP contribution in [-0.4, -0.2) is 18.0 Å². The maximum Gasteiger partial charge on any atom is 0.0348 e. The molecule has 1 N–H and O–H groups in total. The van der Waals surface area contributed by atoms with Crippen molar-refractivity contribution in [3.63, 3.8) is 0 Å². The molecule has 0 aliphatic carbocycles. The Balaban J connectivity index is 0. The van der Waals surface area contributed by atoms with E-state index in [4.69, 9.17) is 11.6 Å². The Morgan fingerprint density at radius 2 is 1.78 bits per heavy atom. The zero-order valence-electron chi connectivity index (χ0n) is 6.20. The monoisotopic (exact) mass is 171 g/mol. The van der Waals surface area contributed by atoms with Crippen LogP contribution in [0.5, 0.6) is 0 Å². The average molecular weight is 172 g/mol. The second-order valence-corrected chi connectivity index (χ2v) is 3.24. The SMILES string of the molecule is CC(C)(C)NCCCl.Cl. The minimum absolute atomic E-state index is 0. The first kappa shape index (κ1) is 12.2. The highest BCUT2D eigenvalue weighted by molar-refractivity contribution is 6.18. The molecule has 0 atom stereocenters. The first-order valence-corrected chi connectivity index (χ1v) is 3.41. The molecule has 1 nitrogen and oxygen atoms in total. The van der Waals surface area contributed by atoms with Gasteiger partial charge in [0.25, 0.3) is 0 Å². The predicted molar refractivity (Wildman–Crippen MR) is 45.7 cm³/mol. The molecular formula is C6H15Cl2N. The summed E-state index contributed by atoms with van der Waals surface area (Å²) in [6.07, 6.45) is 0. The zero-order valence-corrected chi connectivity index (χ0v) is 7.77. The van der Waals surface area contributed by atoms with Crippen molar-refractivity contribution in [3.8, 4) is 0 Å². The van der Waals surface area contributed by atoms with Crippen molar-refractivity contribution in [1.82, 2.24) is 5.32 Å². The molecule has 0 rings (SSSR count). The van der Waals surface area contributed by atoms with E-state index in [2.05, 4.69) is 26.1 Å². The van der Waals surface area contributed by atoms with E-state index in [-0.39, 0.29) is 17.9 Å². The molecular weight excluding hydrogens is 157 g/mol. The summed E-state index contributed by atoms with van der Waals surface area (Å²) < 4.78 is 0. The van der Waals surface area contributed by atoms with Gasteiger partial charge < -0.3 is 5.32 Å². The van der Waals surface area contributed by atoms with Crippen LogP contribution in [-0.2, 0) is 0 Å². The summed E-state index contributed by atoms with van der Waals surface area (Å²) in [6, 6.07) is 0. The van der Waals surface area contributed by atoms with Gasteiger partial charge in [0.1, 0.15) is 0 Å². The lowest BCUT2D eigenvalue weighted by molar-refractivity contribution is 0.440. The number of hydrogen-bond donors (Lipinski definition) is 1. The lowest BCUT2D eigenvalue weighted by atomic mass is 10.1. The fourth-order valence-electron chi connectivity index (χ4n) is 0.422. The van der Waals surface area contributed by atoms with Gasteiger partial charge in [-0.2, -0.15) is 0 Å². The normalized spacial score (nSPS) is 10.7. The number of halogens is 2. The van der Waals surface area contributed by atoms with Crippen molar-refractivity contribution in [2.45, 2.75) is 26.3 Å². The van der Waals surface area contributed by atoms with Gasteiger partial charge in [0.2, 0.25) is 0 Å².